The van der Waals surface area contributed by atoms with E-state index in [-0.39, 0.29) is 6.61 Å². The van der Waals surface area contributed by atoms with Gasteiger partial charge in [-0.25, -0.2) is 0 Å². The number of hydrogen-bond donors (Lipinski definition) is 2. The first-order valence-corrected chi connectivity index (χ1v) is 6.89. The van der Waals surface area contributed by atoms with Crippen LogP contribution in [0.15, 0.2) is 30.5 Å². The first kappa shape index (κ1) is 14.3. The first-order chi connectivity index (χ1) is 9.76. The highest BCUT2D eigenvalue weighted by Gasteiger charge is 2.08. The molecule has 0 aliphatic carbocycles. The Morgan fingerprint density at radius 1 is 1.40 bits per heavy atom. The van der Waals surface area contributed by atoms with Gasteiger partial charge in [0.1, 0.15) is 6.07 Å². The van der Waals surface area contributed by atoms with Crippen molar-refractivity contribution in [3.63, 3.8) is 0 Å². The molecule has 0 aliphatic heterocycles. The monoisotopic (exact) mass is 269 g/mol. The quantitative estimate of drug-likeness (QED) is 0.791. The molecular formula is C16H19N3O. The summed E-state index contributed by atoms with van der Waals surface area (Å²) in [4.78, 5) is 4.29. The predicted molar refractivity (Wildman–Crippen MR) is 80.4 cm³/mol. The second-order valence-corrected chi connectivity index (χ2v) is 5.03. The van der Waals surface area contributed by atoms with Crippen LogP contribution in [0.25, 0.3) is 10.9 Å². The highest BCUT2D eigenvalue weighted by molar-refractivity contribution is 5.93. The van der Waals surface area contributed by atoms with Crippen molar-refractivity contribution in [2.75, 3.05) is 18.5 Å². The molecule has 0 saturated carbocycles. The van der Waals surface area contributed by atoms with Crippen molar-refractivity contribution < 1.29 is 5.11 Å². The van der Waals surface area contributed by atoms with Crippen LogP contribution < -0.4 is 5.32 Å². The van der Waals surface area contributed by atoms with Gasteiger partial charge < -0.3 is 10.4 Å². The fourth-order valence-electron chi connectivity index (χ4n) is 2.17. The molecule has 2 rings (SSSR count). The maximum atomic E-state index is 9.20. The third-order valence-electron chi connectivity index (χ3n) is 3.38. The lowest BCUT2D eigenvalue weighted by Gasteiger charge is -2.12. The van der Waals surface area contributed by atoms with Gasteiger partial charge in [-0.2, -0.15) is 5.26 Å². The number of nitrogens with one attached hydrogen (secondary N) is 1. The van der Waals surface area contributed by atoms with Gasteiger partial charge in [-0.3, -0.25) is 4.98 Å². The average Bonchev–Trinajstić information content (AvgIpc) is 2.50. The molecule has 0 spiro atoms. The van der Waals surface area contributed by atoms with Crippen LogP contribution >= 0.6 is 0 Å². The number of pyridine rings is 1. The molecule has 1 atom stereocenters. The van der Waals surface area contributed by atoms with Gasteiger partial charge in [-0.15, -0.1) is 0 Å². The van der Waals surface area contributed by atoms with E-state index in [9.17, 15) is 5.26 Å². The summed E-state index contributed by atoms with van der Waals surface area (Å²) in [5.74, 6) is 0.321. The number of anilines is 1. The van der Waals surface area contributed by atoms with Crippen molar-refractivity contribution in [1.82, 2.24) is 4.98 Å². The summed E-state index contributed by atoms with van der Waals surface area (Å²) in [6.07, 6.45) is 3.54. The molecule has 1 unspecified atom stereocenters. The molecule has 104 valence electrons. The molecule has 0 fully saturated rings. The van der Waals surface area contributed by atoms with Crippen molar-refractivity contribution >= 4 is 16.6 Å². The Labute approximate surface area is 119 Å². The Balaban J connectivity index is 2.14. The Morgan fingerprint density at radius 2 is 2.20 bits per heavy atom. The van der Waals surface area contributed by atoms with Crippen LogP contribution in [0, 0.1) is 17.2 Å². The van der Waals surface area contributed by atoms with Crippen LogP contribution in [0.5, 0.6) is 0 Å². The van der Waals surface area contributed by atoms with Gasteiger partial charge in [-0.05, 0) is 24.8 Å². The Morgan fingerprint density at radius 3 is 2.95 bits per heavy atom. The number of aliphatic hydroxyl groups is 1. The van der Waals surface area contributed by atoms with Crippen LogP contribution in [-0.4, -0.2) is 23.2 Å². The fourth-order valence-corrected chi connectivity index (χ4v) is 2.17. The van der Waals surface area contributed by atoms with E-state index in [1.165, 1.54) is 0 Å². The number of aromatic nitrogens is 1. The van der Waals surface area contributed by atoms with Crippen molar-refractivity contribution in [2.24, 2.45) is 5.92 Å². The Hall–Kier alpha value is -2.12. The minimum Gasteiger partial charge on any atom is -0.396 e. The number of rotatable bonds is 6. The van der Waals surface area contributed by atoms with Gasteiger partial charge in [0.05, 0.1) is 16.8 Å². The summed E-state index contributed by atoms with van der Waals surface area (Å²) >= 11 is 0. The maximum absolute atomic E-state index is 9.20. The molecule has 0 saturated heterocycles. The van der Waals surface area contributed by atoms with Crippen LogP contribution in [0.2, 0.25) is 0 Å². The fraction of sp³-hybridized carbons (Fsp3) is 0.375. The van der Waals surface area contributed by atoms with Gasteiger partial charge in [-0.1, -0.05) is 25.1 Å². The van der Waals surface area contributed by atoms with Crippen LogP contribution in [0.4, 0.5) is 5.69 Å². The number of fused-ring (bicyclic) bond motifs is 1. The summed E-state index contributed by atoms with van der Waals surface area (Å²) in [5, 5.41) is 22.5. The zero-order valence-electron chi connectivity index (χ0n) is 11.6. The van der Waals surface area contributed by atoms with E-state index >= 15 is 0 Å². The lowest BCUT2D eigenvalue weighted by atomic mass is 10.1. The van der Waals surface area contributed by atoms with Gasteiger partial charge >= 0.3 is 0 Å². The molecule has 2 aromatic rings. The second-order valence-electron chi connectivity index (χ2n) is 5.03. The number of para-hydroxylation sites is 1. The zero-order chi connectivity index (χ0) is 14.4. The van der Waals surface area contributed by atoms with E-state index in [1.54, 1.807) is 6.20 Å². The van der Waals surface area contributed by atoms with Gasteiger partial charge in [0.25, 0.3) is 0 Å². The van der Waals surface area contributed by atoms with Gasteiger partial charge in [0.2, 0.25) is 0 Å². The molecule has 4 heteroatoms. The highest BCUT2D eigenvalue weighted by atomic mass is 16.3. The van der Waals surface area contributed by atoms with E-state index in [0.29, 0.717) is 11.5 Å². The average molecular weight is 269 g/mol. The summed E-state index contributed by atoms with van der Waals surface area (Å²) in [6, 6.07) is 9.98. The minimum absolute atomic E-state index is 0.224. The van der Waals surface area contributed by atoms with Crippen LogP contribution in [-0.2, 0) is 0 Å². The summed E-state index contributed by atoms with van der Waals surface area (Å²) in [6.45, 7) is 3.04. The van der Waals surface area contributed by atoms with E-state index in [4.69, 9.17) is 5.11 Å². The molecule has 20 heavy (non-hydrogen) atoms. The van der Waals surface area contributed by atoms with Crippen molar-refractivity contribution in [3.8, 4) is 6.07 Å². The summed E-state index contributed by atoms with van der Waals surface area (Å²) in [5.41, 5.74) is 2.31. The van der Waals surface area contributed by atoms with E-state index in [1.807, 2.05) is 31.2 Å². The third-order valence-corrected chi connectivity index (χ3v) is 3.38. The number of nitrogens with zero attached hydrogens (tertiary/aromatic N) is 2. The highest BCUT2D eigenvalue weighted by Crippen LogP contribution is 2.25. The van der Waals surface area contributed by atoms with Gasteiger partial charge in [0.15, 0.2) is 0 Å². The topological polar surface area (TPSA) is 68.9 Å². The van der Waals surface area contributed by atoms with Crippen LogP contribution in [0.1, 0.15) is 25.3 Å². The maximum Gasteiger partial charge on any atom is 0.103 e. The van der Waals surface area contributed by atoms with E-state index < -0.39 is 0 Å². The molecule has 1 aromatic carbocycles. The Kier molecular flexibility index (Phi) is 4.91. The number of aliphatic hydroxyl groups excluding tert-OH is 1. The van der Waals surface area contributed by atoms with Crippen molar-refractivity contribution in [2.45, 2.75) is 19.8 Å². The van der Waals surface area contributed by atoms with Crippen LogP contribution in [0.3, 0.4) is 0 Å². The van der Waals surface area contributed by atoms with Crippen molar-refractivity contribution in [3.05, 3.63) is 36.0 Å². The summed E-state index contributed by atoms with van der Waals surface area (Å²) in [7, 11) is 0. The lowest BCUT2D eigenvalue weighted by molar-refractivity contribution is 0.229. The molecule has 1 heterocycles. The molecule has 4 nitrogen and oxygen atoms in total. The molecular weight excluding hydrogens is 250 g/mol. The normalized spacial score (nSPS) is 12.1. The first-order valence-electron chi connectivity index (χ1n) is 6.89. The largest absolute Gasteiger partial charge is 0.396 e. The smallest absolute Gasteiger partial charge is 0.103 e. The Bertz CT molecular complexity index is 619. The lowest BCUT2D eigenvalue weighted by Crippen LogP contribution is -2.08. The predicted octanol–water partition coefficient (Wildman–Crippen LogP) is 2.93. The van der Waals surface area contributed by atoms with Crippen molar-refractivity contribution in [1.29, 1.82) is 5.26 Å². The third kappa shape index (κ3) is 3.25. The van der Waals surface area contributed by atoms with Gasteiger partial charge in [0, 0.05) is 24.7 Å². The summed E-state index contributed by atoms with van der Waals surface area (Å²) < 4.78 is 0. The number of nitriles is 1. The molecule has 0 bridgehead atoms. The number of benzene rings is 1. The van der Waals surface area contributed by atoms with E-state index in [2.05, 4.69) is 16.4 Å². The zero-order valence-corrected chi connectivity index (χ0v) is 11.6. The second kappa shape index (κ2) is 6.88. The molecule has 0 amide bonds. The molecule has 0 aliphatic rings. The molecule has 2 N–H and O–H groups in total. The molecule has 1 aromatic heterocycles. The van der Waals surface area contributed by atoms with E-state index in [0.717, 1.165) is 36.0 Å². The SMILES string of the molecule is CC(CO)CCCNc1c(C#N)cnc2ccccc12. The molecule has 0 radical (unpaired) electrons. The minimum atomic E-state index is 0.224. The standard InChI is InChI=1S/C16H19N3O/c1-12(11-20)5-4-8-18-16-13(9-17)10-19-15-7-3-2-6-14(15)16/h2-3,6-7,10,12,20H,4-5,8,11H2,1H3,(H,18,19). The number of hydrogen-bond acceptors (Lipinski definition) is 4.